The molecule has 1 aliphatic heterocycles. The topological polar surface area (TPSA) is 131 Å². The third-order valence-electron chi connectivity index (χ3n) is 4.11. The Morgan fingerprint density at radius 3 is 2.46 bits per heavy atom. The Morgan fingerprint density at radius 1 is 1.17 bits per heavy atom. The van der Waals surface area contributed by atoms with Gasteiger partial charge in [-0.2, -0.15) is 0 Å². The van der Waals surface area contributed by atoms with Gasteiger partial charge in [0.1, 0.15) is 5.82 Å². The molecule has 1 aliphatic rings. The van der Waals surface area contributed by atoms with E-state index in [4.69, 9.17) is 5.73 Å². The second-order valence-corrected chi connectivity index (χ2v) is 5.48. The van der Waals surface area contributed by atoms with E-state index in [1.807, 2.05) is 0 Å². The van der Waals surface area contributed by atoms with Crippen LogP contribution in [0.25, 0.3) is 5.69 Å². The number of hydrogen-bond acceptors (Lipinski definition) is 5. The monoisotopic (exact) mass is 327 g/mol. The standard InChI is InChI=1S/C16H13N3O5/c1-6-3-4-8(16(23)24)12(7(6)2)19-10(20)5-9-11(13(19)17)15(22)18-14(9)21/h3-5H,17H2,1-2H3,(H,23,24)(H,18,21,22). The Labute approximate surface area is 135 Å². The van der Waals surface area contributed by atoms with Crippen LogP contribution in [0, 0.1) is 13.8 Å². The average molecular weight is 327 g/mol. The summed E-state index contributed by atoms with van der Waals surface area (Å²) in [6, 6.07) is 3.97. The van der Waals surface area contributed by atoms with Crippen molar-refractivity contribution in [2.45, 2.75) is 13.8 Å². The van der Waals surface area contributed by atoms with Crippen molar-refractivity contribution in [2.24, 2.45) is 0 Å². The molecule has 2 heterocycles. The summed E-state index contributed by atoms with van der Waals surface area (Å²) in [6.07, 6.45) is 0. The highest BCUT2D eigenvalue weighted by Crippen LogP contribution is 2.27. The van der Waals surface area contributed by atoms with E-state index in [0.29, 0.717) is 5.56 Å². The molecule has 0 aliphatic carbocycles. The summed E-state index contributed by atoms with van der Waals surface area (Å²) in [7, 11) is 0. The minimum atomic E-state index is -1.24. The number of aryl methyl sites for hydroxylation is 1. The number of nitrogens with two attached hydrogens (primary N) is 1. The molecular formula is C16H13N3O5. The maximum absolute atomic E-state index is 12.5. The quantitative estimate of drug-likeness (QED) is 0.693. The van der Waals surface area contributed by atoms with E-state index < -0.39 is 23.3 Å². The number of fused-ring (bicyclic) bond motifs is 1. The number of hydrogen-bond donors (Lipinski definition) is 3. The summed E-state index contributed by atoms with van der Waals surface area (Å²) in [5.74, 6) is -2.92. The summed E-state index contributed by atoms with van der Waals surface area (Å²) in [5.41, 5.74) is 6.28. The van der Waals surface area contributed by atoms with Crippen LogP contribution < -0.4 is 16.6 Å². The highest BCUT2D eigenvalue weighted by Gasteiger charge is 2.32. The van der Waals surface area contributed by atoms with Gasteiger partial charge in [-0.25, -0.2) is 4.79 Å². The van der Waals surface area contributed by atoms with Crippen LogP contribution in [-0.2, 0) is 0 Å². The maximum Gasteiger partial charge on any atom is 0.337 e. The summed E-state index contributed by atoms with van der Waals surface area (Å²) in [5, 5.41) is 11.5. The SMILES string of the molecule is Cc1ccc(C(=O)O)c(-n2c(N)c3c(cc2=O)C(=O)NC3=O)c1C. The van der Waals surface area contributed by atoms with Gasteiger partial charge in [0, 0.05) is 6.07 Å². The van der Waals surface area contributed by atoms with Crippen molar-refractivity contribution in [1.82, 2.24) is 9.88 Å². The lowest BCUT2D eigenvalue weighted by atomic mass is 10.0. The largest absolute Gasteiger partial charge is 0.478 e. The lowest BCUT2D eigenvalue weighted by Gasteiger charge is -2.17. The number of carboxylic acids is 1. The van der Waals surface area contributed by atoms with Gasteiger partial charge >= 0.3 is 5.97 Å². The number of carbonyl (C=O) groups is 3. The first kappa shape index (κ1) is 15.5. The molecule has 2 amide bonds. The number of nitrogen functional groups attached to an aromatic ring is 1. The lowest BCUT2D eigenvalue weighted by Crippen LogP contribution is -2.26. The van der Waals surface area contributed by atoms with Crippen molar-refractivity contribution in [2.75, 3.05) is 5.73 Å². The Kier molecular flexibility index (Phi) is 3.26. The zero-order chi connectivity index (χ0) is 17.8. The van der Waals surface area contributed by atoms with Gasteiger partial charge in [0.25, 0.3) is 17.4 Å². The number of amides is 2. The molecule has 0 fully saturated rings. The van der Waals surface area contributed by atoms with Crippen LogP contribution in [0.4, 0.5) is 5.82 Å². The van der Waals surface area contributed by atoms with Gasteiger partial charge in [-0.1, -0.05) is 6.07 Å². The minimum Gasteiger partial charge on any atom is -0.478 e. The lowest BCUT2D eigenvalue weighted by molar-refractivity contribution is 0.0696. The summed E-state index contributed by atoms with van der Waals surface area (Å²) < 4.78 is 0.961. The molecular weight excluding hydrogens is 314 g/mol. The smallest absolute Gasteiger partial charge is 0.337 e. The van der Waals surface area contributed by atoms with Crippen molar-refractivity contribution < 1.29 is 19.5 Å². The molecule has 24 heavy (non-hydrogen) atoms. The molecule has 3 rings (SSSR count). The fraction of sp³-hybridized carbons (Fsp3) is 0.125. The van der Waals surface area contributed by atoms with E-state index >= 15 is 0 Å². The number of benzene rings is 1. The van der Waals surface area contributed by atoms with Crippen molar-refractivity contribution >= 4 is 23.6 Å². The highest BCUT2D eigenvalue weighted by molar-refractivity contribution is 6.23. The van der Waals surface area contributed by atoms with Crippen LogP contribution in [0.5, 0.6) is 0 Å². The predicted molar refractivity (Wildman–Crippen MR) is 84.7 cm³/mol. The van der Waals surface area contributed by atoms with Crippen molar-refractivity contribution in [3.05, 3.63) is 56.4 Å². The molecule has 0 unspecified atom stereocenters. The fourth-order valence-electron chi connectivity index (χ4n) is 2.77. The van der Waals surface area contributed by atoms with Crippen LogP contribution >= 0.6 is 0 Å². The second-order valence-electron chi connectivity index (χ2n) is 5.48. The van der Waals surface area contributed by atoms with Crippen LogP contribution in [0.2, 0.25) is 0 Å². The molecule has 1 aromatic carbocycles. The number of carbonyl (C=O) groups excluding carboxylic acids is 2. The molecule has 2 aromatic rings. The van der Waals surface area contributed by atoms with Gasteiger partial charge in [-0.05, 0) is 31.0 Å². The Morgan fingerprint density at radius 2 is 1.83 bits per heavy atom. The van der Waals surface area contributed by atoms with Crippen molar-refractivity contribution in [3.63, 3.8) is 0 Å². The second kappa shape index (κ2) is 5.05. The molecule has 8 heteroatoms. The van der Waals surface area contributed by atoms with Crippen LogP contribution in [0.1, 0.15) is 42.2 Å². The van der Waals surface area contributed by atoms with Crippen LogP contribution in [-0.4, -0.2) is 27.5 Å². The highest BCUT2D eigenvalue weighted by atomic mass is 16.4. The number of anilines is 1. The van der Waals surface area contributed by atoms with Crippen LogP contribution in [0.3, 0.4) is 0 Å². The number of rotatable bonds is 2. The Hall–Kier alpha value is -3.42. The third kappa shape index (κ3) is 2.00. The minimum absolute atomic E-state index is 0.0833. The zero-order valence-electron chi connectivity index (χ0n) is 12.8. The molecule has 4 N–H and O–H groups in total. The Balaban J connectivity index is 2.46. The van der Waals surface area contributed by atoms with Gasteiger partial charge in [0.2, 0.25) is 0 Å². The zero-order valence-corrected chi connectivity index (χ0v) is 12.8. The molecule has 8 nitrogen and oxygen atoms in total. The van der Waals surface area contributed by atoms with Gasteiger partial charge in [-0.15, -0.1) is 0 Å². The first-order valence-corrected chi connectivity index (χ1v) is 6.99. The van der Waals surface area contributed by atoms with E-state index in [-0.39, 0.29) is 28.2 Å². The van der Waals surface area contributed by atoms with Crippen molar-refractivity contribution in [1.29, 1.82) is 0 Å². The molecule has 0 bridgehead atoms. The molecule has 0 radical (unpaired) electrons. The molecule has 0 atom stereocenters. The third-order valence-corrected chi connectivity index (χ3v) is 4.11. The number of aromatic nitrogens is 1. The molecule has 0 saturated carbocycles. The fourth-order valence-corrected chi connectivity index (χ4v) is 2.77. The van der Waals surface area contributed by atoms with Crippen LogP contribution in [0.15, 0.2) is 23.0 Å². The molecule has 1 aromatic heterocycles. The van der Waals surface area contributed by atoms with Gasteiger partial charge in [0.15, 0.2) is 0 Å². The van der Waals surface area contributed by atoms with Crippen molar-refractivity contribution in [3.8, 4) is 5.69 Å². The van der Waals surface area contributed by atoms with Gasteiger partial charge in [0.05, 0.1) is 22.4 Å². The van der Waals surface area contributed by atoms with E-state index in [1.165, 1.54) is 6.07 Å². The van der Waals surface area contributed by atoms with Gasteiger partial charge in [-0.3, -0.25) is 24.3 Å². The Bertz CT molecular complexity index is 1000. The van der Waals surface area contributed by atoms with E-state index in [1.54, 1.807) is 19.9 Å². The number of imide groups is 1. The molecule has 0 spiro atoms. The maximum atomic E-state index is 12.5. The predicted octanol–water partition coefficient (Wildman–Crippen LogP) is 0.618. The molecule has 122 valence electrons. The summed E-state index contributed by atoms with van der Waals surface area (Å²) in [6.45, 7) is 3.41. The van der Waals surface area contributed by atoms with Gasteiger partial charge < -0.3 is 10.8 Å². The summed E-state index contributed by atoms with van der Waals surface area (Å²) >= 11 is 0. The normalized spacial score (nSPS) is 12.9. The molecule has 0 saturated heterocycles. The first-order valence-electron chi connectivity index (χ1n) is 6.99. The average Bonchev–Trinajstić information content (AvgIpc) is 2.77. The summed E-state index contributed by atoms with van der Waals surface area (Å²) in [4.78, 5) is 47.6. The first-order chi connectivity index (χ1) is 11.2. The number of aromatic carboxylic acids is 1. The number of carboxylic acid groups (broad SMARTS) is 1. The number of nitrogens with zero attached hydrogens (tertiary/aromatic N) is 1. The van der Waals surface area contributed by atoms with E-state index in [0.717, 1.165) is 16.2 Å². The van der Waals surface area contributed by atoms with E-state index in [9.17, 15) is 24.3 Å². The number of nitrogens with one attached hydrogen (secondary N) is 1. The van der Waals surface area contributed by atoms with E-state index in [2.05, 4.69) is 5.32 Å². The number of pyridine rings is 1.